The molecule has 0 spiro atoms. The van der Waals surface area contributed by atoms with Crippen molar-refractivity contribution in [2.45, 2.75) is 44.3 Å². The summed E-state index contributed by atoms with van der Waals surface area (Å²) in [5, 5.41) is 18.7. The van der Waals surface area contributed by atoms with Crippen LogP contribution in [0.4, 0.5) is 0 Å². The highest BCUT2D eigenvalue weighted by molar-refractivity contribution is 7.99. The van der Waals surface area contributed by atoms with Gasteiger partial charge in [-0.2, -0.15) is 0 Å². The number of benzene rings is 2. The van der Waals surface area contributed by atoms with Crippen LogP contribution in [0.5, 0.6) is 5.75 Å². The van der Waals surface area contributed by atoms with E-state index >= 15 is 0 Å². The number of rotatable bonds is 10. The number of allylic oxidation sites excluding steroid dienone is 1. The van der Waals surface area contributed by atoms with Gasteiger partial charge in [-0.3, -0.25) is 0 Å². The van der Waals surface area contributed by atoms with Crippen molar-refractivity contribution in [2.24, 2.45) is 0 Å². The Labute approximate surface area is 200 Å². The molecule has 0 aliphatic carbocycles. The van der Waals surface area contributed by atoms with Crippen molar-refractivity contribution in [1.82, 2.24) is 15.1 Å². The maximum Gasteiger partial charge on any atom is 0.247 e. The first kappa shape index (κ1) is 23.6. The Morgan fingerprint density at radius 1 is 1.06 bits per heavy atom. The molecule has 1 fully saturated rings. The summed E-state index contributed by atoms with van der Waals surface area (Å²) in [6, 6.07) is 15.5. The van der Waals surface area contributed by atoms with Gasteiger partial charge in [0.25, 0.3) is 0 Å². The normalized spacial score (nSPS) is 15.8. The van der Waals surface area contributed by atoms with Crippen molar-refractivity contribution in [3.05, 3.63) is 71.6 Å². The zero-order valence-electron chi connectivity index (χ0n) is 19.3. The monoisotopic (exact) mass is 463 g/mol. The zero-order chi connectivity index (χ0) is 22.9. The number of phenols is 1. The summed E-state index contributed by atoms with van der Waals surface area (Å²) in [6.45, 7) is 5.83. The lowest BCUT2D eigenvalue weighted by atomic mass is 10.1. The summed E-state index contributed by atoms with van der Waals surface area (Å²) in [4.78, 5) is 2.59. The molecule has 174 valence electrons. The van der Waals surface area contributed by atoms with Crippen LogP contribution >= 0.6 is 11.8 Å². The third kappa shape index (κ3) is 6.49. The first-order valence-electron chi connectivity index (χ1n) is 12.0. The lowest BCUT2D eigenvalue weighted by molar-refractivity contribution is 0.227. The maximum absolute atomic E-state index is 10.3. The van der Waals surface area contributed by atoms with E-state index in [1.54, 1.807) is 17.8 Å². The first-order valence-corrected chi connectivity index (χ1v) is 13.0. The van der Waals surface area contributed by atoms with Crippen molar-refractivity contribution < 1.29 is 9.52 Å². The summed E-state index contributed by atoms with van der Waals surface area (Å²) >= 11 is 1.66. The number of unbranched alkanes of at least 4 members (excludes halogenated alkanes) is 1. The molecular weight excluding hydrogens is 430 g/mol. The van der Waals surface area contributed by atoms with E-state index in [-0.39, 0.29) is 11.0 Å². The van der Waals surface area contributed by atoms with Crippen LogP contribution in [0.2, 0.25) is 0 Å². The van der Waals surface area contributed by atoms with E-state index < -0.39 is 0 Å². The molecule has 33 heavy (non-hydrogen) atoms. The number of hydrogen-bond acceptors (Lipinski definition) is 6. The SMILES string of the molecule is CCSC(c1nnc(-c2ccc(C=CCCCN3CCCCC3)cc2)o1)c1ccccc1O. The molecular formula is C27H33N3O2S. The van der Waals surface area contributed by atoms with Crippen LogP contribution < -0.4 is 0 Å². The van der Waals surface area contributed by atoms with E-state index in [4.69, 9.17) is 4.42 Å². The molecule has 4 rings (SSSR count). The van der Waals surface area contributed by atoms with Crippen LogP contribution in [0.15, 0.2) is 59.0 Å². The minimum Gasteiger partial charge on any atom is -0.508 e. The van der Waals surface area contributed by atoms with Gasteiger partial charge in [-0.05, 0) is 74.8 Å². The molecule has 2 heterocycles. The zero-order valence-corrected chi connectivity index (χ0v) is 20.1. The van der Waals surface area contributed by atoms with Gasteiger partial charge in [0, 0.05) is 11.1 Å². The molecule has 6 heteroatoms. The average molecular weight is 464 g/mol. The molecule has 0 amide bonds. The summed E-state index contributed by atoms with van der Waals surface area (Å²) in [6.07, 6.45) is 10.9. The maximum atomic E-state index is 10.3. The molecule has 1 aromatic heterocycles. The molecule has 1 aliphatic heterocycles. The fourth-order valence-corrected chi connectivity index (χ4v) is 5.15. The number of nitrogens with zero attached hydrogens (tertiary/aromatic N) is 3. The number of para-hydroxylation sites is 1. The van der Waals surface area contributed by atoms with E-state index in [9.17, 15) is 5.11 Å². The summed E-state index contributed by atoms with van der Waals surface area (Å²) < 4.78 is 6.03. The standard InChI is InChI=1S/C27H33N3O2S/c1-2-33-25(23-12-6-7-13-24(23)31)27-29-28-26(32-27)22-16-14-21(15-17-22)11-5-3-8-18-30-19-9-4-10-20-30/h5-7,11-17,25,31H,2-4,8-10,18-20H2,1H3. The molecule has 2 aromatic carbocycles. The highest BCUT2D eigenvalue weighted by Crippen LogP contribution is 2.39. The largest absolute Gasteiger partial charge is 0.508 e. The predicted octanol–water partition coefficient (Wildman–Crippen LogP) is 6.56. The van der Waals surface area contributed by atoms with Crippen LogP contribution in [0.1, 0.15) is 61.3 Å². The van der Waals surface area contributed by atoms with E-state index in [0.717, 1.165) is 23.3 Å². The van der Waals surface area contributed by atoms with Gasteiger partial charge in [-0.1, -0.05) is 55.8 Å². The van der Waals surface area contributed by atoms with Crippen LogP contribution in [-0.4, -0.2) is 45.6 Å². The Morgan fingerprint density at radius 3 is 2.61 bits per heavy atom. The number of piperidine rings is 1. The van der Waals surface area contributed by atoms with Gasteiger partial charge >= 0.3 is 0 Å². The Morgan fingerprint density at radius 2 is 1.85 bits per heavy atom. The Hall–Kier alpha value is -2.57. The highest BCUT2D eigenvalue weighted by Gasteiger charge is 2.23. The van der Waals surface area contributed by atoms with Crippen LogP contribution in [0, 0.1) is 0 Å². The lowest BCUT2D eigenvalue weighted by Gasteiger charge is -2.25. The molecule has 1 unspecified atom stereocenters. The van der Waals surface area contributed by atoms with E-state index in [0.29, 0.717) is 11.8 Å². The smallest absolute Gasteiger partial charge is 0.247 e. The second-order valence-electron chi connectivity index (χ2n) is 8.41. The lowest BCUT2D eigenvalue weighted by Crippen LogP contribution is -2.30. The topological polar surface area (TPSA) is 62.4 Å². The van der Waals surface area contributed by atoms with E-state index in [1.807, 2.05) is 30.3 Å². The van der Waals surface area contributed by atoms with E-state index in [1.165, 1.54) is 50.9 Å². The molecule has 0 bridgehead atoms. The molecule has 0 saturated carbocycles. The van der Waals surface area contributed by atoms with Crippen molar-refractivity contribution in [2.75, 3.05) is 25.4 Å². The van der Waals surface area contributed by atoms with Gasteiger partial charge in [0.2, 0.25) is 11.8 Å². The third-order valence-electron chi connectivity index (χ3n) is 5.98. The second-order valence-corrected chi connectivity index (χ2v) is 9.79. The molecule has 1 atom stereocenters. The third-order valence-corrected chi connectivity index (χ3v) is 7.10. The fourth-order valence-electron chi connectivity index (χ4n) is 4.20. The number of aromatic nitrogens is 2. The van der Waals surface area contributed by atoms with Crippen LogP contribution in [-0.2, 0) is 0 Å². The van der Waals surface area contributed by atoms with Crippen LogP contribution in [0.25, 0.3) is 17.5 Å². The minimum atomic E-state index is -0.190. The quantitative estimate of drug-likeness (QED) is 0.343. The van der Waals surface area contributed by atoms with Crippen molar-refractivity contribution in [1.29, 1.82) is 0 Å². The number of thioether (sulfide) groups is 1. The number of aromatic hydroxyl groups is 1. The minimum absolute atomic E-state index is 0.190. The Kier molecular flexibility index (Phi) is 8.61. The van der Waals surface area contributed by atoms with Crippen molar-refractivity contribution >= 4 is 17.8 Å². The summed E-state index contributed by atoms with van der Waals surface area (Å²) in [5.74, 6) is 2.13. The Balaban J connectivity index is 1.35. The number of likely N-dealkylation sites (tertiary alicyclic amines) is 1. The first-order chi connectivity index (χ1) is 16.2. The summed E-state index contributed by atoms with van der Waals surface area (Å²) in [7, 11) is 0. The molecule has 5 nitrogen and oxygen atoms in total. The van der Waals surface area contributed by atoms with E-state index in [2.05, 4.69) is 46.3 Å². The van der Waals surface area contributed by atoms with Crippen molar-refractivity contribution in [3.63, 3.8) is 0 Å². The molecule has 1 aliphatic rings. The number of phenolic OH excluding ortho intramolecular Hbond substituents is 1. The fraction of sp³-hybridized carbons (Fsp3) is 0.407. The Bertz CT molecular complexity index is 1030. The van der Waals surface area contributed by atoms with Crippen molar-refractivity contribution in [3.8, 4) is 17.2 Å². The summed E-state index contributed by atoms with van der Waals surface area (Å²) in [5.41, 5.74) is 2.86. The average Bonchev–Trinajstić information content (AvgIpc) is 3.34. The van der Waals surface area contributed by atoms with Gasteiger partial charge < -0.3 is 14.4 Å². The molecule has 0 radical (unpaired) electrons. The van der Waals surface area contributed by atoms with Gasteiger partial charge in [0.15, 0.2) is 0 Å². The van der Waals surface area contributed by atoms with Gasteiger partial charge in [-0.25, -0.2) is 0 Å². The van der Waals surface area contributed by atoms with Gasteiger partial charge in [0.1, 0.15) is 11.0 Å². The van der Waals surface area contributed by atoms with Crippen LogP contribution in [0.3, 0.4) is 0 Å². The highest BCUT2D eigenvalue weighted by atomic mass is 32.2. The molecule has 1 N–H and O–H groups in total. The van der Waals surface area contributed by atoms with Gasteiger partial charge in [-0.15, -0.1) is 22.0 Å². The predicted molar refractivity (Wildman–Crippen MR) is 136 cm³/mol. The molecule has 3 aromatic rings. The second kappa shape index (κ2) is 12.1. The molecule has 1 saturated heterocycles. The van der Waals surface area contributed by atoms with Gasteiger partial charge in [0.05, 0.1) is 0 Å². The number of hydrogen-bond donors (Lipinski definition) is 1.